The fraction of sp³-hybridized carbons (Fsp3) is 0.556. The number of hydrogen-bond donors (Lipinski definition) is 2. The van der Waals surface area contributed by atoms with Crippen LogP contribution >= 0.6 is 11.3 Å². The van der Waals surface area contributed by atoms with Crippen molar-refractivity contribution in [1.29, 1.82) is 0 Å². The summed E-state index contributed by atoms with van der Waals surface area (Å²) in [6.07, 6.45) is 0.863. The van der Waals surface area contributed by atoms with Crippen LogP contribution in [0.3, 0.4) is 0 Å². The van der Waals surface area contributed by atoms with Crippen LogP contribution in [0.25, 0.3) is 0 Å². The molecule has 2 heterocycles. The molecule has 1 fully saturated rings. The van der Waals surface area contributed by atoms with Gasteiger partial charge in [-0.05, 0) is 28.8 Å². The van der Waals surface area contributed by atoms with Gasteiger partial charge in [0.25, 0.3) is 0 Å². The summed E-state index contributed by atoms with van der Waals surface area (Å²) in [5.41, 5.74) is 1.35. The predicted octanol–water partition coefficient (Wildman–Crippen LogP) is 0.871. The van der Waals surface area contributed by atoms with Crippen LogP contribution in [-0.4, -0.2) is 24.3 Å². The Balaban J connectivity index is 1.95. The molecule has 2 atom stereocenters. The van der Waals surface area contributed by atoms with E-state index in [1.165, 1.54) is 5.56 Å². The largest absolute Gasteiger partial charge is 0.391 e. The van der Waals surface area contributed by atoms with E-state index in [4.69, 9.17) is 0 Å². The van der Waals surface area contributed by atoms with Crippen molar-refractivity contribution in [3.05, 3.63) is 22.4 Å². The third kappa shape index (κ3) is 1.68. The fourth-order valence-corrected chi connectivity index (χ4v) is 2.32. The van der Waals surface area contributed by atoms with Crippen molar-refractivity contribution in [2.75, 3.05) is 13.1 Å². The van der Waals surface area contributed by atoms with Crippen LogP contribution < -0.4 is 5.32 Å². The Bertz CT molecular complexity index is 235. The van der Waals surface area contributed by atoms with E-state index >= 15 is 0 Å². The first-order valence-electron chi connectivity index (χ1n) is 4.26. The Hall–Kier alpha value is -0.380. The molecule has 1 aromatic heterocycles. The van der Waals surface area contributed by atoms with Crippen LogP contribution in [0.1, 0.15) is 5.56 Å². The number of aliphatic hydroxyl groups is 1. The molecule has 0 unspecified atom stereocenters. The zero-order chi connectivity index (χ0) is 8.39. The molecule has 1 aliphatic heterocycles. The van der Waals surface area contributed by atoms with E-state index in [2.05, 4.69) is 22.1 Å². The first-order chi connectivity index (χ1) is 5.86. The highest BCUT2D eigenvalue weighted by molar-refractivity contribution is 7.07. The fourth-order valence-electron chi connectivity index (χ4n) is 1.64. The summed E-state index contributed by atoms with van der Waals surface area (Å²) in [6.45, 7) is 1.71. The van der Waals surface area contributed by atoms with Crippen LogP contribution in [0.5, 0.6) is 0 Å². The topological polar surface area (TPSA) is 32.3 Å². The summed E-state index contributed by atoms with van der Waals surface area (Å²) < 4.78 is 0. The summed E-state index contributed by atoms with van der Waals surface area (Å²) >= 11 is 1.72. The van der Waals surface area contributed by atoms with Gasteiger partial charge in [-0.1, -0.05) is 0 Å². The number of thiophene rings is 1. The second-order valence-electron chi connectivity index (χ2n) is 3.32. The van der Waals surface area contributed by atoms with Gasteiger partial charge in [0.1, 0.15) is 0 Å². The van der Waals surface area contributed by atoms with Gasteiger partial charge in [0.2, 0.25) is 0 Å². The van der Waals surface area contributed by atoms with Gasteiger partial charge in [0, 0.05) is 19.0 Å². The molecule has 1 saturated heterocycles. The van der Waals surface area contributed by atoms with E-state index < -0.39 is 0 Å². The molecule has 0 spiro atoms. The monoisotopic (exact) mass is 183 g/mol. The van der Waals surface area contributed by atoms with Crippen LogP contribution in [0.2, 0.25) is 0 Å². The molecule has 2 nitrogen and oxygen atoms in total. The molecule has 0 radical (unpaired) electrons. The summed E-state index contributed by atoms with van der Waals surface area (Å²) in [7, 11) is 0. The SMILES string of the molecule is O[C@@H]1CNC[C@H]1Cc1ccsc1. The molecular formula is C9H13NOS. The van der Waals surface area contributed by atoms with Gasteiger partial charge in [-0.2, -0.15) is 11.3 Å². The molecule has 3 heteroatoms. The Labute approximate surface area is 76.2 Å². The molecule has 0 aromatic carbocycles. The van der Waals surface area contributed by atoms with Gasteiger partial charge in [0.15, 0.2) is 0 Å². The number of hydrogen-bond acceptors (Lipinski definition) is 3. The number of β-amino-alcohol motifs (C(OH)–C–C–N with tert-alkyl or cyclic N) is 1. The first-order valence-corrected chi connectivity index (χ1v) is 5.20. The average molecular weight is 183 g/mol. The number of aliphatic hydroxyl groups excluding tert-OH is 1. The molecular weight excluding hydrogens is 170 g/mol. The van der Waals surface area contributed by atoms with E-state index in [9.17, 15) is 5.11 Å². The first kappa shape index (κ1) is 8.23. The van der Waals surface area contributed by atoms with E-state index in [1.807, 2.05) is 0 Å². The lowest BCUT2D eigenvalue weighted by molar-refractivity contribution is 0.148. The van der Waals surface area contributed by atoms with Crippen molar-refractivity contribution in [3.63, 3.8) is 0 Å². The maximum Gasteiger partial charge on any atom is 0.0708 e. The highest BCUT2D eigenvalue weighted by atomic mass is 32.1. The predicted molar refractivity (Wildman–Crippen MR) is 50.4 cm³/mol. The zero-order valence-corrected chi connectivity index (χ0v) is 7.68. The number of nitrogens with one attached hydrogen (secondary N) is 1. The van der Waals surface area contributed by atoms with Gasteiger partial charge in [0.05, 0.1) is 6.10 Å². The lowest BCUT2D eigenvalue weighted by Crippen LogP contribution is -2.19. The van der Waals surface area contributed by atoms with E-state index in [0.717, 1.165) is 19.5 Å². The quantitative estimate of drug-likeness (QED) is 0.713. The minimum Gasteiger partial charge on any atom is -0.391 e. The molecule has 0 amide bonds. The van der Waals surface area contributed by atoms with E-state index in [0.29, 0.717) is 5.92 Å². The maximum absolute atomic E-state index is 9.53. The smallest absolute Gasteiger partial charge is 0.0708 e. The molecule has 66 valence electrons. The molecule has 2 N–H and O–H groups in total. The van der Waals surface area contributed by atoms with Crippen molar-refractivity contribution in [2.24, 2.45) is 5.92 Å². The van der Waals surface area contributed by atoms with Gasteiger partial charge in [-0.3, -0.25) is 0 Å². The van der Waals surface area contributed by atoms with Crippen molar-refractivity contribution >= 4 is 11.3 Å². The van der Waals surface area contributed by atoms with E-state index in [-0.39, 0.29) is 6.10 Å². The third-order valence-corrected chi connectivity index (χ3v) is 3.11. The normalized spacial score (nSPS) is 29.4. The van der Waals surface area contributed by atoms with Crippen LogP contribution in [0, 0.1) is 5.92 Å². The van der Waals surface area contributed by atoms with Gasteiger partial charge < -0.3 is 10.4 Å². The standard InChI is InChI=1S/C9H13NOS/c11-9-5-10-4-8(9)3-7-1-2-12-6-7/h1-2,6,8-11H,3-5H2/t8-,9-/m1/s1. The Morgan fingerprint density at radius 2 is 2.50 bits per heavy atom. The molecule has 12 heavy (non-hydrogen) atoms. The lowest BCUT2D eigenvalue weighted by atomic mass is 9.99. The highest BCUT2D eigenvalue weighted by Gasteiger charge is 2.24. The molecule has 2 rings (SSSR count). The maximum atomic E-state index is 9.53. The average Bonchev–Trinajstić information content (AvgIpc) is 2.65. The summed E-state index contributed by atoms with van der Waals surface area (Å²) in [5.74, 6) is 0.416. The minimum atomic E-state index is -0.148. The Morgan fingerprint density at radius 3 is 3.08 bits per heavy atom. The highest BCUT2D eigenvalue weighted by Crippen LogP contribution is 2.17. The van der Waals surface area contributed by atoms with Gasteiger partial charge >= 0.3 is 0 Å². The zero-order valence-electron chi connectivity index (χ0n) is 6.86. The van der Waals surface area contributed by atoms with E-state index in [1.54, 1.807) is 11.3 Å². The molecule has 0 aliphatic carbocycles. The Kier molecular flexibility index (Phi) is 2.44. The van der Waals surface area contributed by atoms with Crippen molar-refractivity contribution in [2.45, 2.75) is 12.5 Å². The third-order valence-electron chi connectivity index (χ3n) is 2.38. The van der Waals surface area contributed by atoms with Crippen molar-refractivity contribution in [1.82, 2.24) is 5.32 Å². The van der Waals surface area contributed by atoms with Crippen LogP contribution in [0.4, 0.5) is 0 Å². The molecule has 1 aromatic rings. The van der Waals surface area contributed by atoms with Crippen LogP contribution in [0.15, 0.2) is 16.8 Å². The molecule has 1 aliphatic rings. The summed E-state index contributed by atoms with van der Waals surface area (Å²) in [4.78, 5) is 0. The van der Waals surface area contributed by atoms with Crippen molar-refractivity contribution in [3.8, 4) is 0 Å². The van der Waals surface area contributed by atoms with Gasteiger partial charge in [-0.25, -0.2) is 0 Å². The minimum absolute atomic E-state index is 0.148. The summed E-state index contributed by atoms with van der Waals surface area (Å²) in [5, 5.41) is 17.0. The van der Waals surface area contributed by atoms with Crippen LogP contribution in [-0.2, 0) is 6.42 Å². The van der Waals surface area contributed by atoms with Gasteiger partial charge in [-0.15, -0.1) is 0 Å². The molecule has 0 bridgehead atoms. The molecule has 0 saturated carbocycles. The van der Waals surface area contributed by atoms with Crippen molar-refractivity contribution < 1.29 is 5.11 Å². The lowest BCUT2D eigenvalue weighted by Gasteiger charge is -2.11. The number of rotatable bonds is 2. The summed E-state index contributed by atoms with van der Waals surface area (Å²) in [6, 6.07) is 2.13. The Morgan fingerprint density at radius 1 is 1.58 bits per heavy atom. The second kappa shape index (κ2) is 3.56. The second-order valence-corrected chi connectivity index (χ2v) is 4.10.